The molecule has 1 aliphatic rings. The van der Waals surface area contributed by atoms with Crippen molar-refractivity contribution in [2.45, 2.75) is 19.0 Å². The number of benzene rings is 1. The summed E-state index contributed by atoms with van der Waals surface area (Å²) in [6.07, 6.45) is 3.06. The number of furan rings is 1. The molecule has 3 aromatic rings. The van der Waals surface area contributed by atoms with E-state index in [9.17, 15) is 19.1 Å². The minimum atomic E-state index is -0.684. The Hall–Kier alpha value is -3.52. The van der Waals surface area contributed by atoms with E-state index in [1.807, 2.05) is 6.07 Å². The second kappa shape index (κ2) is 9.09. The summed E-state index contributed by atoms with van der Waals surface area (Å²) in [6, 6.07) is 12.7. The molecule has 2 amide bonds. The Labute approximate surface area is 178 Å². The van der Waals surface area contributed by atoms with Gasteiger partial charge in [-0.3, -0.25) is 14.6 Å². The minimum absolute atomic E-state index is 0.112. The van der Waals surface area contributed by atoms with Crippen LogP contribution in [-0.2, 0) is 17.9 Å². The second-order valence-electron chi connectivity index (χ2n) is 7.37. The van der Waals surface area contributed by atoms with Gasteiger partial charge in [0.1, 0.15) is 5.82 Å². The first-order valence-electron chi connectivity index (χ1n) is 9.97. The molecule has 2 aromatic heterocycles. The molecule has 0 radical (unpaired) electrons. The van der Waals surface area contributed by atoms with E-state index in [4.69, 9.17) is 4.42 Å². The summed E-state index contributed by atoms with van der Waals surface area (Å²) in [5, 5.41) is 9.52. The molecular weight excluding hydrogens is 401 g/mol. The van der Waals surface area contributed by atoms with Gasteiger partial charge in [0.25, 0.3) is 5.91 Å². The van der Waals surface area contributed by atoms with Crippen LogP contribution < -0.4 is 0 Å². The lowest BCUT2D eigenvalue weighted by molar-refractivity contribution is -0.134. The fourth-order valence-electron chi connectivity index (χ4n) is 3.80. The SMILES string of the molecule is O=C(c1ccco1)N1Cc2cccnc2C(C(=O)N(CCO)Cc2ccc(F)cc2)C1. The highest BCUT2D eigenvalue weighted by molar-refractivity contribution is 5.93. The fourth-order valence-corrected chi connectivity index (χ4v) is 3.80. The van der Waals surface area contributed by atoms with Crippen LogP contribution in [0.5, 0.6) is 0 Å². The van der Waals surface area contributed by atoms with Gasteiger partial charge in [0.2, 0.25) is 5.91 Å². The Balaban J connectivity index is 1.61. The van der Waals surface area contributed by atoms with Gasteiger partial charge in [-0.25, -0.2) is 4.39 Å². The van der Waals surface area contributed by atoms with E-state index in [-0.39, 0.29) is 49.6 Å². The maximum absolute atomic E-state index is 13.5. The quantitative estimate of drug-likeness (QED) is 0.659. The molecule has 3 heterocycles. The largest absolute Gasteiger partial charge is 0.459 e. The Bertz CT molecular complexity index is 1050. The highest BCUT2D eigenvalue weighted by atomic mass is 19.1. The number of rotatable bonds is 6. The van der Waals surface area contributed by atoms with Gasteiger partial charge in [-0.1, -0.05) is 18.2 Å². The molecule has 0 fully saturated rings. The van der Waals surface area contributed by atoms with E-state index >= 15 is 0 Å². The number of pyridine rings is 1. The maximum atomic E-state index is 13.5. The van der Waals surface area contributed by atoms with Crippen molar-refractivity contribution in [3.63, 3.8) is 0 Å². The lowest BCUT2D eigenvalue weighted by atomic mass is 9.93. The first kappa shape index (κ1) is 20.7. The molecule has 7 nitrogen and oxygen atoms in total. The van der Waals surface area contributed by atoms with Gasteiger partial charge >= 0.3 is 0 Å². The molecule has 0 spiro atoms. The smallest absolute Gasteiger partial charge is 0.289 e. The molecule has 1 atom stereocenters. The number of hydrogen-bond donors (Lipinski definition) is 1. The highest BCUT2D eigenvalue weighted by Crippen LogP contribution is 2.29. The van der Waals surface area contributed by atoms with Crippen molar-refractivity contribution in [2.75, 3.05) is 19.7 Å². The number of nitrogens with zero attached hydrogens (tertiary/aromatic N) is 3. The zero-order valence-electron chi connectivity index (χ0n) is 16.8. The average molecular weight is 423 g/mol. The summed E-state index contributed by atoms with van der Waals surface area (Å²) in [6.45, 7) is 0.577. The number of amides is 2. The van der Waals surface area contributed by atoms with Crippen molar-refractivity contribution in [2.24, 2.45) is 0 Å². The Morgan fingerprint density at radius 3 is 2.71 bits per heavy atom. The zero-order chi connectivity index (χ0) is 21.8. The van der Waals surface area contributed by atoms with Crippen LogP contribution in [0.25, 0.3) is 0 Å². The molecule has 160 valence electrons. The third-order valence-electron chi connectivity index (χ3n) is 5.31. The van der Waals surface area contributed by atoms with Gasteiger partial charge in [0.15, 0.2) is 5.76 Å². The lowest BCUT2D eigenvalue weighted by Gasteiger charge is -2.35. The number of halogens is 1. The first-order chi connectivity index (χ1) is 15.1. The molecule has 0 saturated carbocycles. The van der Waals surface area contributed by atoms with Crippen LogP contribution in [0.3, 0.4) is 0 Å². The van der Waals surface area contributed by atoms with Gasteiger partial charge < -0.3 is 19.3 Å². The summed E-state index contributed by atoms with van der Waals surface area (Å²) in [5.41, 5.74) is 2.15. The van der Waals surface area contributed by atoms with Gasteiger partial charge in [-0.2, -0.15) is 0 Å². The van der Waals surface area contributed by atoms with E-state index in [1.54, 1.807) is 41.4 Å². The molecule has 1 N–H and O–H groups in total. The van der Waals surface area contributed by atoms with Crippen LogP contribution in [0.2, 0.25) is 0 Å². The fraction of sp³-hybridized carbons (Fsp3) is 0.261. The van der Waals surface area contributed by atoms with E-state index < -0.39 is 5.92 Å². The van der Waals surface area contributed by atoms with Crippen molar-refractivity contribution in [3.05, 3.63) is 89.4 Å². The third-order valence-corrected chi connectivity index (χ3v) is 5.31. The summed E-state index contributed by atoms with van der Waals surface area (Å²) in [4.78, 5) is 33.9. The molecule has 1 aromatic carbocycles. The second-order valence-corrected chi connectivity index (χ2v) is 7.37. The molecule has 1 aliphatic heterocycles. The van der Waals surface area contributed by atoms with Crippen LogP contribution in [0.4, 0.5) is 4.39 Å². The first-order valence-corrected chi connectivity index (χ1v) is 9.97. The van der Waals surface area contributed by atoms with Crippen molar-refractivity contribution in [3.8, 4) is 0 Å². The highest BCUT2D eigenvalue weighted by Gasteiger charge is 2.36. The number of aliphatic hydroxyl groups excluding tert-OH is 1. The molecule has 8 heteroatoms. The monoisotopic (exact) mass is 423 g/mol. The van der Waals surface area contributed by atoms with Crippen LogP contribution in [0, 0.1) is 5.82 Å². The number of aliphatic hydroxyl groups is 1. The minimum Gasteiger partial charge on any atom is -0.459 e. The third kappa shape index (κ3) is 4.49. The van der Waals surface area contributed by atoms with Gasteiger partial charge in [-0.15, -0.1) is 0 Å². The van der Waals surface area contributed by atoms with Crippen LogP contribution in [0.1, 0.15) is 33.3 Å². The number of carbonyl (C=O) groups excluding carboxylic acids is 2. The standard InChI is InChI=1S/C23H22FN3O4/c24-18-7-5-16(6-8-18)13-26(10-11-28)22(29)19-15-27(23(30)20-4-2-12-31-20)14-17-3-1-9-25-21(17)19/h1-9,12,19,28H,10-11,13-15H2. The summed E-state index contributed by atoms with van der Waals surface area (Å²) >= 11 is 0. The number of carbonyl (C=O) groups is 2. The predicted octanol–water partition coefficient (Wildman–Crippen LogP) is 2.57. The van der Waals surface area contributed by atoms with E-state index in [0.29, 0.717) is 12.2 Å². The molecule has 0 aliphatic carbocycles. The van der Waals surface area contributed by atoms with Crippen molar-refractivity contribution < 1.29 is 23.5 Å². The number of fused-ring (bicyclic) bond motifs is 1. The summed E-state index contributed by atoms with van der Waals surface area (Å²) in [7, 11) is 0. The molecule has 1 unspecified atom stereocenters. The van der Waals surface area contributed by atoms with E-state index in [1.165, 1.54) is 23.3 Å². The summed E-state index contributed by atoms with van der Waals surface area (Å²) < 4.78 is 18.5. The van der Waals surface area contributed by atoms with Gasteiger partial charge in [0, 0.05) is 32.4 Å². The predicted molar refractivity (Wildman–Crippen MR) is 109 cm³/mol. The van der Waals surface area contributed by atoms with Crippen LogP contribution in [-0.4, -0.2) is 51.4 Å². The van der Waals surface area contributed by atoms with E-state index in [0.717, 1.165) is 11.1 Å². The summed E-state index contributed by atoms with van der Waals surface area (Å²) in [5.74, 6) is -1.39. The van der Waals surface area contributed by atoms with Crippen molar-refractivity contribution in [1.29, 1.82) is 0 Å². The molecule has 4 rings (SSSR count). The number of aromatic nitrogens is 1. The Kier molecular flexibility index (Phi) is 6.08. The topological polar surface area (TPSA) is 86.9 Å². The molecule has 0 bridgehead atoms. The average Bonchev–Trinajstić information content (AvgIpc) is 3.33. The van der Waals surface area contributed by atoms with Crippen molar-refractivity contribution >= 4 is 11.8 Å². The Morgan fingerprint density at radius 1 is 1.19 bits per heavy atom. The van der Waals surface area contributed by atoms with Crippen LogP contribution in [0.15, 0.2) is 65.4 Å². The molecular formula is C23H22FN3O4. The zero-order valence-corrected chi connectivity index (χ0v) is 16.8. The normalized spacial score (nSPS) is 15.4. The lowest BCUT2D eigenvalue weighted by Crippen LogP contribution is -2.46. The Morgan fingerprint density at radius 2 is 2.00 bits per heavy atom. The van der Waals surface area contributed by atoms with Crippen LogP contribution >= 0.6 is 0 Å². The molecule has 31 heavy (non-hydrogen) atoms. The number of hydrogen-bond acceptors (Lipinski definition) is 5. The molecule has 0 saturated heterocycles. The maximum Gasteiger partial charge on any atom is 0.289 e. The van der Waals surface area contributed by atoms with Crippen molar-refractivity contribution in [1.82, 2.24) is 14.8 Å². The van der Waals surface area contributed by atoms with Gasteiger partial charge in [0.05, 0.1) is 24.5 Å². The van der Waals surface area contributed by atoms with Gasteiger partial charge in [-0.05, 0) is 41.5 Å². The van der Waals surface area contributed by atoms with E-state index in [2.05, 4.69) is 4.98 Å².